The maximum atomic E-state index is 3.68. The Morgan fingerprint density at radius 2 is 1.90 bits per heavy atom. The van der Waals surface area contributed by atoms with Crippen molar-refractivity contribution in [3.05, 3.63) is 34.3 Å². The summed E-state index contributed by atoms with van der Waals surface area (Å²) in [7, 11) is 6.46. The lowest BCUT2D eigenvalue weighted by Gasteiger charge is -2.24. The summed E-state index contributed by atoms with van der Waals surface area (Å²) in [5.74, 6) is 0. The van der Waals surface area contributed by atoms with Crippen LogP contribution in [0.15, 0.2) is 28.7 Å². The zero-order valence-electron chi connectivity index (χ0n) is 13.9. The molecule has 0 aromatic heterocycles. The van der Waals surface area contributed by atoms with E-state index in [-0.39, 0.29) is 0 Å². The highest BCUT2D eigenvalue weighted by Crippen LogP contribution is 2.21. The first-order chi connectivity index (χ1) is 10.0. The molecule has 0 radical (unpaired) electrons. The Kier molecular flexibility index (Phi) is 9.16. The molecule has 0 heterocycles. The Bertz CT molecular complexity index is 395. The quantitative estimate of drug-likeness (QED) is 0.693. The van der Waals surface area contributed by atoms with Gasteiger partial charge in [0.1, 0.15) is 0 Å². The molecule has 0 spiro atoms. The molecule has 1 aromatic carbocycles. The number of halogens is 1. The molecule has 0 aliphatic rings. The van der Waals surface area contributed by atoms with Gasteiger partial charge in [0.05, 0.1) is 0 Å². The van der Waals surface area contributed by atoms with Gasteiger partial charge in [0.15, 0.2) is 0 Å². The van der Waals surface area contributed by atoms with E-state index in [4.69, 9.17) is 0 Å². The van der Waals surface area contributed by atoms with Gasteiger partial charge < -0.3 is 15.1 Å². The van der Waals surface area contributed by atoms with Crippen LogP contribution in [-0.2, 0) is 0 Å². The molecule has 21 heavy (non-hydrogen) atoms. The summed E-state index contributed by atoms with van der Waals surface area (Å²) in [5.41, 5.74) is 1.37. The Hall–Kier alpha value is -0.420. The maximum Gasteiger partial charge on any atom is 0.0332 e. The predicted molar refractivity (Wildman–Crippen MR) is 95.8 cm³/mol. The van der Waals surface area contributed by atoms with Gasteiger partial charge in [-0.15, -0.1) is 0 Å². The highest BCUT2D eigenvalue weighted by Gasteiger charge is 2.12. The van der Waals surface area contributed by atoms with E-state index in [0.29, 0.717) is 6.04 Å². The third-order valence-corrected chi connectivity index (χ3v) is 4.11. The van der Waals surface area contributed by atoms with Crippen LogP contribution >= 0.6 is 15.9 Å². The fourth-order valence-electron chi connectivity index (χ4n) is 2.26. The third-order valence-electron chi connectivity index (χ3n) is 3.62. The van der Waals surface area contributed by atoms with Crippen molar-refractivity contribution in [1.82, 2.24) is 15.1 Å². The fourth-order valence-corrected chi connectivity index (χ4v) is 2.68. The van der Waals surface area contributed by atoms with Crippen LogP contribution in [0.5, 0.6) is 0 Å². The van der Waals surface area contributed by atoms with Crippen molar-refractivity contribution in [3.8, 4) is 0 Å². The monoisotopic (exact) mass is 355 g/mol. The topological polar surface area (TPSA) is 18.5 Å². The van der Waals surface area contributed by atoms with Gasteiger partial charge in [-0.25, -0.2) is 0 Å². The predicted octanol–water partition coefficient (Wildman–Crippen LogP) is 3.37. The lowest BCUT2D eigenvalue weighted by molar-refractivity contribution is 0.268. The van der Waals surface area contributed by atoms with Crippen LogP contribution in [-0.4, -0.2) is 57.1 Å². The second kappa shape index (κ2) is 10.3. The van der Waals surface area contributed by atoms with E-state index in [1.165, 1.54) is 12.0 Å². The maximum absolute atomic E-state index is 3.68. The second-order valence-electron chi connectivity index (χ2n) is 5.96. The summed E-state index contributed by atoms with van der Waals surface area (Å²) < 4.78 is 1.16. The molecule has 1 N–H and O–H groups in total. The van der Waals surface area contributed by atoms with Gasteiger partial charge in [-0.2, -0.15) is 0 Å². The normalized spacial score (nSPS) is 13.1. The van der Waals surface area contributed by atoms with E-state index in [2.05, 4.69) is 83.4 Å². The summed E-state index contributed by atoms with van der Waals surface area (Å²) in [5, 5.41) is 3.68. The standard InChI is InChI=1S/C17H30BrN3/c1-5-10-19-17(15-7-6-8-16(18)14-15)9-11-21(4)13-12-20(2)3/h6-8,14,17,19H,5,9-13H2,1-4H3. The van der Waals surface area contributed by atoms with Crippen LogP contribution in [0.2, 0.25) is 0 Å². The largest absolute Gasteiger partial charge is 0.310 e. The molecule has 0 amide bonds. The highest BCUT2D eigenvalue weighted by molar-refractivity contribution is 9.10. The average Bonchev–Trinajstić information content (AvgIpc) is 2.45. The van der Waals surface area contributed by atoms with Gasteiger partial charge >= 0.3 is 0 Å². The minimum atomic E-state index is 0.434. The number of rotatable bonds is 10. The molecular weight excluding hydrogens is 326 g/mol. The van der Waals surface area contributed by atoms with Gasteiger partial charge in [0.2, 0.25) is 0 Å². The first kappa shape index (κ1) is 18.6. The van der Waals surface area contributed by atoms with Gasteiger partial charge in [0, 0.05) is 23.6 Å². The van der Waals surface area contributed by atoms with Gasteiger partial charge in [-0.05, 0) is 64.8 Å². The smallest absolute Gasteiger partial charge is 0.0332 e. The van der Waals surface area contributed by atoms with Crippen LogP contribution in [0, 0.1) is 0 Å². The highest BCUT2D eigenvalue weighted by atomic mass is 79.9. The summed E-state index contributed by atoms with van der Waals surface area (Å²) in [6, 6.07) is 9.09. The molecule has 3 nitrogen and oxygen atoms in total. The number of hydrogen-bond donors (Lipinski definition) is 1. The molecular formula is C17H30BrN3. The van der Waals surface area contributed by atoms with E-state index in [0.717, 1.165) is 37.1 Å². The van der Waals surface area contributed by atoms with E-state index in [1.807, 2.05) is 0 Å². The lowest BCUT2D eigenvalue weighted by atomic mass is 10.0. The van der Waals surface area contributed by atoms with Crippen LogP contribution < -0.4 is 5.32 Å². The van der Waals surface area contributed by atoms with Gasteiger partial charge in [-0.1, -0.05) is 35.0 Å². The fraction of sp³-hybridized carbons (Fsp3) is 0.647. The first-order valence-corrected chi connectivity index (χ1v) is 8.64. The van der Waals surface area contributed by atoms with Crippen molar-refractivity contribution >= 4 is 15.9 Å². The molecule has 1 unspecified atom stereocenters. The summed E-state index contributed by atoms with van der Waals surface area (Å²) >= 11 is 3.58. The molecule has 0 saturated carbocycles. The van der Waals surface area contributed by atoms with Crippen LogP contribution in [0.1, 0.15) is 31.4 Å². The van der Waals surface area contributed by atoms with E-state index in [9.17, 15) is 0 Å². The zero-order valence-corrected chi connectivity index (χ0v) is 15.5. The van der Waals surface area contributed by atoms with Crippen molar-refractivity contribution in [2.75, 3.05) is 47.3 Å². The second-order valence-corrected chi connectivity index (χ2v) is 6.87. The van der Waals surface area contributed by atoms with Gasteiger partial charge in [0.25, 0.3) is 0 Å². The molecule has 4 heteroatoms. The zero-order chi connectivity index (χ0) is 15.7. The van der Waals surface area contributed by atoms with Gasteiger partial charge in [-0.3, -0.25) is 0 Å². The van der Waals surface area contributed by atoms with Crippen LogP contribution in [0.4, 0.5) is 0 Å². The third kappa shape index (κ3) is 7.96. The molecule has 1 rings (SSSR count). The molecule has 0 bridgehead atoms. The van der Waals surface area contributed by atoms with Crippen molar-refractivity contribution in [3.63, 3.8) is 0 Å². The Morgan fingerprint density at radius 1 is 1.14 bits per heavy atom. The first-order valence-electron chi connectivity index (χ1n) is 7.85. The molecule has 1 aromatic rings. The average molecular weight is 356 g/mol. The van der Waals surface area contributed by atoms with E-state index in [1.54, 1.807) is 0 Å². The van der Waals surface area contributed by atoms with Crippen LogP contribution in [0.25, 0.3) is 0 Å². The Balaban J connectivity index is 2.54. The van der Waals surface area contributed by atoms with E-state index < -0.39 is 0 Å². The molecule has 0 aliphatic heterocycles. The van der Waals surface area contributed by atoms with Crippen LogP contribution in [0.3, 0.4) is 0 Å². The molecule has 0 fully saturated rings. The minimum Gasteiger partial charge on any atom is -0.310 e. The summed E-state index contributed by atoms with van der Waals surface area (Å²) in [4.78, 5) is 4.65. The van der Waals surface area contributed by atoms with Crippen molar-refractivity contribution in [2.24, 2.45) is 0 Å². The lowest BCUT2D eigenvalue weighted by Crippen LogP contribution is -2.32. The van der Waals surface area contributed by atoms with Crippen molar-refractivity contribution < 1.29 is 0 Å². The molecule has 1 atom stereocenters. The minimum absolute atomic E-state index is 0.434. The summed E-state index contributed by atoms with van der Waals surface area (Å²) in [6.45, 7) is 6.63. The number of nitrogens with one attached hydrogen (secondary N) is 1. The Labute approximate surface area is 138 Å². The van der Waals surface area contributed by atoms with E-state index >= 15 is 0 Å². The number of likely N-dealkylation sites (N-methyl/N-ethyl adjacent to an activating group) is 2. The number of hydrogen-bond acceptors (Lipinski definition) is 3. The Morgan fingerprint density at radius 3 is 2.52 bits per heavy atom. The van der Waals surface area contributed by atoms with Crippen molar-refractivity contribution in [1.29, 1.82) is 0 Å². The SMILES string of the molecule is CCCNC(CCN(C)CCN(C)C)c1cccc(Br)c1. The van der Waals surface area contributed by atoms with Crippen molar-refractivity contribution in [2.45, 2.75) is 25.8 Å². The summed E-state index contributed by atoms with van der Waals surface area (Å²) in [6.07, 6.45) is 2.31. The number of nitrogens with zero attached hydrogens (tertiary/aromatic N) is 2. The number of benzene rings is 1. The molecule has 0 aliphatic carbocycles. The molecule has 0 saturated heterocycles. The molecule has 120 valence electrons.